The first-order chi connectivity index (χ1) is 8.84. The van der Waals surface area contributed by atoms with Crippen molar-refractivity contribution in [2.45, 2.75) is 17.7 Å². The Bertz CT molecular complexity index is 620. The average Bonchev–Trinajstić information content (AvgIpc) is 2.32. The van der Waals surface area contributed by atoms with Gasteiger partial charge < -0.3 is 5.32 Å². The second kappa shape index (κ2) is 6.31. The number of halogens is 1. The maximum Gasteiger partial charge on any atom is 0.251 e. The Morgan fingerprint density at radius 3 is 2.68 bits per heavy atom. The monoisotopic (exact) mass is 284 g/mol. The molecule has 0 heterocycles. The van der Waals surface area contributed by atoms with Crippen LogP contribution in [0.2, 0.25) is 0 Å². The van der Waals surface area contributed by atoms with E-state index in [4.69, 9.17) is 11.6 Å². The molecule has 0 unspecified atom stereocenters. The molecule has 0 saturated heterocycles. The molecular weight excluding hydrogens is 271 g/mol. The van der Waals surface area contributed by atoms with Gasteiger partial charge in [-0.2, -0.15) is 0 Å². The summed E-state index contributed by atoms with van der Waals surface area (Å²) in [5, 5.41) is 7.39. The van der Waals surface area contributed by atoms with Gasteiger partial charge >= 0.3 is 0 Å². The Morgan fingerprint density at radius 1 is 1.42 bits per heavy atom. The van der Waals surface area contributed by atoms with Crippen molar-refractivity contribution in [2.24, 2.45) is 5.14 Å². The first-order valence-electron chi connectivity index (χ1n) is 5.39. The molecule has 0 spiro atoms. The molecule has 0 aliphatic rings. The second-order valence-electron chi connectivity index (χ2n) is 3.78. The fourth-order valence-electron chi connectivity index (χ4n) is 1.35. The Kier molecular flexibility index (Phi) is 5.03. The highest BCUT2D eigenvalue weighted by Crippen LogP contribution is 2.13. The van der Waals surface area contributed by atoms with Crippen molar-refractivity contribution in [3.63, 3.8) is 0 Å². The number of sulfonamides is 1. The van der Waals surface area contributed by atoms with Gasteiger partial charge in [0, 0.05) is 18.5 Å². The molecule has 1 rings (SSSR count). The van der Waals surface area contributed by atoms with Gasteiger partial charge in [0.25, 0.3) is 5.91 Å². The minimum Gasteiger partial charge on any atom is -0.352 e. The summed E-state index contributed by atoms with van der Waals surface area (Å²) >= 11 is 0. The molecule has 3 N–H and O–H groups in total. The van der Waals surface area contributed by atoms with Crippen LogP contribution in [0.3, 0.4) is 0 Å². The van der Waals surface area contributed by atoms with Crippen LogP contribution in [0.5, 0.6) is 0 Å². The van der Waals surface area contributed by atoms with Crippen LogP contribution in [-0.4, -0.2) is 20.9 Å². The Balaban J connectivity index is 2.87. The molecule has 1 aromatic carbocycles. The smallest absolute Gasteiger partial charge is 0.251 e. The fourth-order valence-corrected chi connectivity index (χ4v) is 1.92. The summed E-state index contributed by atoms with van der Waals surface area (Å²) in [5.74, 6) is 0.983. The number of benzene rings is 1. The van der Waals surface area contributed by atoms with Crippen molar-refractivity contribution in [1.82, 2.24) is 5.32 Å². The zero-order chi connectivity index (χ0) is 14.5. The lowest BCUT2D eigenvalue weighted by Crippen LogP contribution is -2.25. The number of rotatable bonds is 5. The van der Waals surface area contributed by atoms with E-state index in [0.29, 0.717) is 19.4 Å². The quantitative estimate of drug-likeness (QED) is 0.613. The molecule has 102 valence electrons. The fraction of sp³-hybridized carbons (Fsp3) is 0.250. The van der Waals surface area contributed by atoms with E-state index in [1.807, 2.05) is 0 Å². The van der Waals surface area contributed by atoms with Crippen LogP contribution >= 0.6 is 0 Å². The van der Waals surface area contributed by atoms with Gasteiger partial charge in [-0.15, -0.1) is 12.3 Å². The number of hydrogen-bond donors (Lipinski definition) is 2. The summed E-state index contributed by atoms with van der Waals surface area (Å²) < 4.78 is 35.5. The molecule has 1 amide bonds. The lowest BCUT2D eigenvalue weighted by Gasteiger charge is -2.06. The van der Waals surface area contributed by atoms with E-state index in [-0.39, 0.29) is 5.56 Å². The van der Waals surface area contributed by atoms with E-state index in [0.717, 1.165) is 18.2 Å². The van der Waals surface area contributed by atoms with E-state index < -0.39 is 26.6 Å². The zero-order valence-electron chi connectivity index (χ0n) is 10.0. The number of terminal acetylenes is 1. The number of nitrogens with two attached hydrogens (primary N) is 1. The van der Waals surface area contributed by atoms with E-state index in [1.165, 1.54) is 0 Å². The van der Waals surface area contributed by atoms with Gasteiger partial charge in [0.05, 0.1) is 4.90 Å². The van der Waals surface area contributed by atoms with Gasteiger partial charge in [0.2, 0.25) is 10.0 Å². The molecule has 0 aliphatic heterocycles. The van der Waals surface area contributed by atoms with E-state index in [1.54, 1.807) is 0 Å². The third kappa shape index (κ3) is 4.69. The van der Waals surface area contributed by atoms with Gasteiger partial charge in [-0.1, -0.05) is 0 Å². The van der Waals surface area contributed by atoms with Gasteiger partial charge in [0.1, 0.15) is 5.82 Å². The number of carbonyl (C=O) groups is 1. The lowest BCUT2D eigenvalue weighted by molar-refractivity contribution is 0.0952. The summed E-state index contributed by atoms with van der Waals surface area (Å²) in [6.07, 6.45) is 6.14. The normalized spacial score (nSPS) is 10.8. The van der Waals surface area contributed by atoms with Crippen molar-refractivity contribution < 1.29 is 17.6 Å². The summed E-state index contributed by atoms with van der Waals surface area (Å²) in [6, 6.07) is 2.71. The summed E-state index contributed by atoms with van der Waals surface area (Å²) in [4.78, 5) is 11.2. The van der Waals surface area contributed by atoms with Gasteiger partial charge in [0.15, 0.2) is 0 Å². The number of carbonyl (C=O) groups excluding carboxylic acids is 1. The Morgan fingerprint density at radius 2 is 2.11 bits per heavy atom. The maximum atomic E-state index is 13.2. The number of primary sulfonamides is 1. The topological polar surface area (TPSA) is 89.3 Å². The first kappa shape index (κ1) is 15.1. The minimum atomic E-state index is -4.06. The molecule has 0 saturated carbocycles. The van der Waals surface area contributed by atoms with E-state index in [9.17, 15) is 17.6 Å². The Labute approximate surface area is 111 Å². The van der Waals surface area contributed by atoms with Crippen LogP contribution in [0.1, 0.15) is 23.2 Å². The van der Waals surface area contributed by atoms with Crippen molar-refractivity contribution in [3.05, 3.63) is 29.6 Å². The first-order valence-corrected chi connectivity index (χ1v) is 6.94. The van der Waals surface area contributed by atoms with Gasteiger partial charge in [-0.25, -0.2) is 17.9 Å². The van der Waals surface area contributed by atoms with Crippen molar-refractivity contribution in [2.75, 3.05) is 6.54 Å². The average molecular weight is 284 g/mol. The zero-order valence-corrected chi connectivity index (χ0v) is 10.8. The number of amides is 1. The maximum absolute atomic E-state index is 13.2. The molecule has 0 radical (unpaired) electrons. The molecule has 5 nitrogen and oxygen atoms in total. The predicted octanol–water partition coefficient (Wildman–Crippen LogP) is 0.616. The summed E-state index contributed by atoms with van der Waals surface area (Å²) in [5.41, 5.74) is -0.107. The molecule has 7 heteroatoms. The highest BCUT2D eigenvalue weighted by Gasteiger charge is 2.14. The minimum absolute atomic E-state index is 0.107. The third-order valence-electron chi connectivity index (χ3n) is 2.25. The predicted molar refractivity (Wildman–Crippen MR) is 68.2 cm³/mol. The van der Waals surface area contributed by atoms with Gasteiger partial charge in [-0.05, 0) is 24.6 Å². The van der Waals surface area contributed by atoms with Crippen LogP contribution in [-0.2, 0) is 10.0 Å². The molecule has 0 aromatic heterocycles. The molecular formula is C12H13FN2O3S. The van der Waals surface area contributed by atoms with E-state index in [2.05, 4.69) is 11.2 Å². The van der Waals surface area contributed by atoms with E-state index >= 15 is 0 Å². The van der Waals surface area contributed by atoms with Crippen LogP contribution in [0.25, 0.3) is 0 Å². The molecule has 0 bridgehead atoms. The highest BCUT2D eigenvalue weighted by molar-refractivity contribution is 7.89. The molecule has 0 aliphatic carbocycles. The van der Waals surface area contributed by atoms with Crippen LogP contribution in [0.15, 0.2) is 23.1 Å². The second-order valence-corrected chi connectivity index (χ2v) is 5.35. The molecule has 1 aromatic rings. The highest BCUT2D eigenvalue weighted by atomic mass is 32.2. The molecule has 0 atom stereocenters. The van der Waals surface area contributed by atoms with Crippen molar-refractivity contribution in [3.8, 4) is 12.3 Å². The molecule has 19 heavy (non-hydrogen) atoms. The third-order valence-corrected chi connectivity index (χ3v) is 3.14. The number of nitrogens with one attached hydrogen (secondary N) is 1. The summed E-state index contributed by atoms with van der Waals surface area (Å²) in [7, 11) is -4.06. The van der Waals surface area contributed by atoms with Crippen molar-refractivity contribution in [1.29, 1.82) is 0 Å². The van der Waals surface area contributed by atoms with Crippen LogP contribution in [0.4, 0.5) is 4.39 Å². The summed E-state index contributed by atoms with van der Waals surface area (Å²) in [6.45, 7) is 0.324. The van der Waals surface area contributed by atoms with Crippen molar-refractivity contribution >= 4 is 15.9 Å². The van der Waals surface area contributed by atoms with Crippen LogP contribution < -0.4 is 10.5 Å². The SMILES string of the molecule is C#CCCCNC(=O)c1cc(F)cc(S(N)(=O)=O)c1. The number of hydrogen-bond acceptors (Lipinski definition) is 3. The Hall–Kier alpha value is -1.91. The standard InChI is InChI=1S/C12H13FN2O3S/c1-2-3-4-5-15-12(16)9-6-10(13)8-11(7-9)19(14,17)18/h1,6-8H,3-5H2,(H,15,16)(H2,14,17,18). The molecule has 0 fully saturated rings. The lowest BCUT2D eigenvalue weighted by atomic mass is 10.2. The van der Waals surface area contributed by atoms with Gasteiger partial charge in [-0.3, -0.25) is 4.79 Å². The van der Waals surface area contributed by atoms with Crippen LogP contribution in [0, 0.1) is 18.2 Å². The largest absolute Gasteiger partial charge is 0.352 e. The number of unbranched alkanes of at least 4 members (excludes halogenated alkanes) is 1.